The summed E-state index contributed by atoms with van der Waals surface area (Å²) >= 11 is 5.88. The van der Waals surface area contributed by atoms with Crippen LogP contribution in [0.1, 0.15) is 45.2 Å². The molecular formula is C23H29ClN2O2. The van der Waals surface area contributed by atoms with Crippen LogP contribution in [0, 0.1) is 5.92 Å². The largest absolute Gasteiger partial charge is 0.481 e. The van der Waals surface area contributed by atoms with Crippen LogP contribution in [0.4, 0.5) is 5.69 Å². The fraction of sp³-hybridized carbons (Fsp3) is 0.435. The van der Waals surface area contributed by atoms with E-state index in [-0.39, 0.29) is 11.9 Å². The number of nitrogens with zero attached hydrogens (tertiary/aromatic N) is 1. The topological polar surface area (TPSA) is 41.6 Å². The van der Waals surface area contributed by atoms with Crippen molar-refractivity contribution in [2.45, 2.75) is 45.8 Å². The highest BCUT2D eigenvalue weighted by molar-refractivity contribution is 6.30. The van der Waals surface area contributed by atoms with E-state index in [0.717, 1.165) is 24.6 Å². The van der Waals surface area contributed by atoms with Crippen LogP contribution >= 0.6 is 11.6 Å². The zero-order valence-corrected chi connectivity index (χ0v) is 17.6. The molecule has 2 aromatic rings. The van der Waals surface area contributed by atoms with Gasteiger partial charge in [0.05, 0.1) is 6.04 Å². The van der Waals surface area contributed by atoms with Crippen molar-refractivity contribution in [3.8, 4) is 5.75 Å². The predicted octanol–water partition coefficient (Wildman–Crippen LogP) is 5.22. The van der Waals surface area contributed by atoms with Gasteiger partial charge in [0.2, 0.25) is 0 Å². The first kappa shape index (κ1) is 20.5. The summed E-state index contributed by atoms with van der Waals surface area (Å²) in [7, 11) is 0. The number of anilines is 1. The molecule has 1 fully saturated rings. The quantitative estimate of drug-likeness (QED) is 0.722. The maximum absolute atomic E-state index is 12.5. The summed E-state index contributed by atoms with van der Waals surface area (Å²) in [5.74, 6) is 1.23. The predicted molar refractivity (Wildman–Crippen MR) is 115 cm³/mol. The SMILES string of the molecule is C[C@@H]1CCCN(c2ccc([C@@H](C)NC(=O)[C@@H](C)Oc3ccc(Cl)cc3)cc2)C1. The summed E-state index contributed by atoms with van der Waals surface area (Å²) in [5, 5.41) is 3.67. The molecule has 0 saturated carbocycles. The fourth-order valence-corrected chi connectivity index (χ4v) is 3.71. The van der Waals surface area contributed by atoms with E-state index in [1.165, 1.54) is 18.5 Å². The standard InChI is InChI=1S/C23H29ClN2O2/c1-16-5-4-14-26(15-16)21-10-6-19(7-11-21)17(2)25-23(27)18(3)28-22-12-8-20(24)9-13-22/h6-13,16-18H,4-5,14-15H2,1-3H3,(H,25,27)/t16-,17-,18-/m1/s1. The zero-order chi connectivity index (χ0) is 20.1. The molecule has 0 bridgehead atoms. The Morgan fingerprint density at radius 3 is 2.46 bits per heavy atom. The van der Waals surface area contributed by atoms with Gasteiger partial charge in [-0.2, -0.15) is 0 Å². The minimum atomic E-state index is -0.585. The van der Waals surface area contributed by atoms with Gasteiger partial charge >= 0.3 is 0 Å². The zero-order valence-electron chi connectivity index (χ0n) is 16.8. The minimum Gasteiger partial charge on any atom is -0.481 e. The van der Waals surface area contributed by atoms with Gasteiger partial charge in [0.1, 0.15) is 5.75 Å². The number of ether oxygens (including phenoxy) is 1. The highest BCUT2D eigenvalue weighted by Crippen LogP contribution is 2.25. The number of hydrogen-bond donors (Lipinski definition) is 1. The van der Waals surface area contributed by atoms with Crippen molar-refractivity contribution in [3.05, 3.63) is 59.1 Å². The van der Waals surface area contributed by atoms with E-state index in [9.17, 15) is 4.79 Å². The number of amides is 1. The Bertz CT molecular complexity index is 776. The Labute approximate surface area is 172 Å². The van der Waals surface area contributed by atoms with E-state index < -0.39 is 6.10 Å². The summed E-state index contributed by atoms with van der Waals surface area (Å²) in [6.07, 6.45) is 1.98. The Kier molecular flexibility index (Phi) is 6.84. The van der Waals surface area contributed by atoms with E-state index in [1.54, 1.807) is 31.2 Å². The number of carbonyl (C=O) groups excluding carboxylic acids is 1. The second-order valence-electron chi connectivity index (χ2n) is 7.73. The molecule has 1 aliphatic rings. The second-order valence-corrected chi connectivity index (χ2v) is 8.17. The average Bonchev–Trinajstić information content (AvgIpc) is 2.69. The van der Waals surface area contributed by atoms with Gasteiger partial charge in [-0.25, -0.2) is 0 Å². The monoisotopic (exact) mass is 400 g/mol. The number of hydrogen-bond acceptors (Lipinski definition) is 3. The van der Waals surface area contributed by atoms with Crippen molar-refractivity contribution >= 4 is 23.2 Å². The lowest BCUT2D eigenvalue weighted by molar-refractivity contribution is -0.127. The molecule has 5 heteroatoms. The lowest BCUT2D eigenvalue weighted by Gasteiger charge is -2.33. The number of carbonyl (C=O) groups is 1. The summed E-state index contributed by atoms with van der Waals surface area (Å²) in [5.41, 5.74) is 2.34. The van der Waals surface area contributed by atoms with E-state index in [1.807, 2.05) is 6.92 Å². The van der Waals surface area contributed by atoms with Gasteiger partial charge in [-0.1, -0.05) is 30.7 Å². The number of rotatable bonds is 6. The van der Waals surface area contributed by atoms with E-state index >= 15 is 0 Å². The lowest BCUT2D eigenvalue weighted by Crippen LogP contribution is -2.37. The van der Waals surface area contributed by atoms with Gasteiger partial charge in [-0.15, -0.1) is 0 Å². The van der Waals surface area contributed by atoms with Crippen LogP contribution in [-0.4, -0.2) is 25.1 Å². The number of nitrogens with one attached hydrogen (secondary N) is 1. The molecule has 150 valence electrons. The van der Waals surface area contributed by atoms with Crippen molar-refractivity contribution in [2.75, 3.05) is 18.0 Å². The van der Waals surface area contributed by atoms with Crippen molar-refractivity contribution in [3.63, 3.8) is 0 Å². The second kappa shape index (κ2) is 9.33. The van der Waals surface area contributed by atoms with Crippen LogP contribution in [0.15, 0.2) is 48.5 Å². The van der Waals surface area contributed by atoms with Crippen molar-refractivity contribution < 1.29 is 9.53 Å². The van der Waals surface area contributed by atoms with E-state index in [2.05, 4.69) is 41.4 Å². The highest BCUT2D eigenvalue weighted by atomic mass is 35.5. The molecular weight excluding hydrogens is 372 g/mol. The third-order valence-electron chi connectivity index (χ3n) is 5.27. The summed E-state index contributed by atoms with van der Waals surface area (Å²) in [4.78, 5) is 14.9. The van der Waals surface area contributed by atoms with E-state index in [0.29, 0.717) is 10.8 Å². The van der Waals surface area contributed by atoms with Crippen LogP contribution in [0.2, 0.25) is 5.02 Å². The van der Waals surface area contributed by atoms with Gasteiger partial charge in [0.25, 0.3) is 5.91 Å². The maximum Gasteiger partial charge on any atom is 0.261 e. The van der Waals surface area contributed by atoms with Crippen LogP contribution in [0.3, 0.4) is 0 Å². The first-order valence-corrected chi connectivity index (χ1v) is 10.4. The third-order valence-corrected chi connectivity index (χ3v) is 5.52. The first-order valence-electron chi connectivity index (χ1n) is 10.00. The van der Waals surface area contributed by atoms with Gasteiger partial charge < -0.3 is 15.0 Å². The number of piperidine rings is 1. The molecule has 28 heavy (non-hydrogen) atoms. The molecule has 0 aromatic heterocycles. The Hall–Kier alpha value is -2.20. The summed E-state index contributed by atoms with van der Waals surface area (Å²) in [6, 6.07) is 15.4. The Morgan fingerprint density at radius 1 is 1.14 bits per heavy atom. The molecule has 1 heterocycles. The molecule has 0 radical (unpaired) electrons. The van der Waals surface area contributed by atoms with Crippen molar-refractivity contribution in [2.24, 2.45) is 5.92 Å². The summed E-state index contributed by atoms with van der Waals surface area (Å²) in [6.45, 7) is 8.29. The normalized spacial score (nSPS) is 19.0. The van der Waals surface area contributed by atoms with Gasteiger partial charge in [0.15, 0.2) is 6.10 Å². The molecule has 1 aliphatic heterocycles. The first-order chi connectivity index (χ1) is 13.4. The third kappa shape index (κ3) is 5.41. The molecule has 0 spiro atoms. The van der Waals surface area contributed by atoms with E-state index in [4.69, 9.17) is 16.3 Å². The molecule has 4 nitrogen and oxygen atoms in total. The van der Waals surface area contributed by atoms with Crippen LogP contribution < -0.4 is 15.0 Å². The smallest absolute Gasteiger partial charge is 0.261 e. The van der Waals surface area contributed by atoms with Gasteiger partial charge in [0, 0.05) is 23.8 Å². The van der Waals surface area contributed by atoms with Gasteiger partial charge in [-0.3, -0.25) is 4.79 Å². The lowest BCUT2D eigenvalue weighted by atomic mass is 9.99. The molecule has 0 unspecified atom stereocenters. The number of benzene rings is 2. The minimum absolute atomic E-state index is 0.0851. The molecule has 1 saturated heterocycles. The molecule has 1 amide bonds. The van der Waals surface area contributed by atoms with Crippen LogP contribution in [0.25, 0.3) is 0 Å². The summed E-state index contributed by atoms with van der Waals surface area (Å²) < 4.78 is 5.70. The molecule has 2 aromatic carbocycles. The molecule has 3 atom stereocenters. The average molecular weight is 401 g/mol. The molecule has 0 aliphatic carbocycles. The van der Waals surface area contributed by atoms with Crippen molar-refractivity contribution in [1.82, 2.24) is 5.32 Å². The molecule has 3 rings (SSSR count). The number of halogens is 1. The van der Waals surface area contributed by atoms with Gasteiger partial charge in [-0.05, 0) is 74.6 Å². The molecule has 1 N–H and O–H groups in total. The van der Waals surface area contributed by atoms with Crippen LogP contribution in [-0.2, 0) is 4.79 Å². The van der Waals surface area contributed by atoms with Crippen LogP contribution in [0.5, 0.6) is 5.75 Å². The Balaban J connectivity index is 1.55. The van der Waals surface area contributed by atoms with Crippen molar-refractivity contribution in [1.29, 1.82) is 0 Å². The maximum atomic E-state index is 12.5. The Morgan fingerprint density at radius 2 is 1.82 bits per heavy atom. The fourth-order valence-electron chi connectivity index (χ4n) is 3.58. The highest BCUT2D eigenvalue weighted by Gasteiger charge is 2.19.